The molecule has 35 heavy (non-hydrogen) atoms. The molecule has 0 saturated carbocycles. The number of hydrogen-bond acceptors (Lipinski definition) is 5. The SMILES string of the molecule is CCC1CC(N2CCN(C)CC2)=CC(c2cc3c(cc2C)CCN(C(=O)OC(C)(C)C)C3)=NC1=N. The number of fused-ring (bicyclic) bond motifs is 1. The van der Waals surface area contributed by atoms with Crippen molar-refractivity contribution in [2.75, 3.05) is 39.8 Å². The summed E-state index contributed by atoms with van der Waals surface area (Å²) in [6, 6.07) is 4.44. The van der Waals surface area contributed by atoms with Gasteiger partial charge in [0.1, 0.15) is 11.4 Å². The molecule has 1 fully saturated rings. The van der Waals surface area contributed by atoms with Gasteiger partial charge >= 0.3 is 6.09 Å². The molecule has 0 radical (unpaired) electrons. The standard InChI is InChI=1S/C28H41N5O2/c1-7-20-15-23(32-12-10-31(6)11-13-32)17-25(30-26(20)29)24-16-22-18-33(27(34)35-28(3,4)5)9-8-21(22)14-19(24)2/h14,16-17,20,29H,7-13,15,18H2,1-6H3. The van der Waals surface area contributed by atoms with Crippen LogP contribution in [0.1, 0.15) is 62.8 Å². The first kappa shape index (κ1) is 25.4. The number of aryl methyl sites for hydroxylation is 1. The van der Waals surface area contributed by atoms with Gasteiger partial charge < -0.3 is 19.4 Å². The second-order valence-corrected chi connectivity index (χ2v) is 11.2. The third kappa shape index (κ3) is 5.95. The van der Waals surface area contributed by atoms with Gasteiger partial charge in [0.05, 0.1) is 5.71 Å². The fourth-order valence-corrected chi connectivity index (χ4v) is 5.10. The largest absolute Gasteiger partial charge is 0.444 e. The normalized spacial score (nSPS) is 21.8. The molecule has 3 heterocycles. The van der Waals surface area contributed by atoms with Crippen molar-refractivity contribution in [3.05, 3.63) is 46.2 Å². The lowest BCUT2D eigenvalue weighted by Gasteiger charge is -2.36. The van der Waals surface area contributed by atoms with Gasteiger partial charge in [-0.3, -0.25) is 5.41 Å². The summed E-state index contributed by atoms with van der Waals surface area (Å²) in [7, 11) is 2.17. The fraction of sp³-hybridized carbons (Fsp3) is 0.607. The number of hydrogen-bond donors (Lipinski definition) is 1. The molecule has 1 unspecified atom stereocenters. The van der Waals surface area contributed by atoms with Crippen LogP contribution in [0.5, 0.6) is 0 Å². The number of allylic oxidation sites excluding steroid dienone is 2. The van der Waals surface area contributed by atoms with E-state index in [1.54, 1.807) is 4.90 Å². The highest BCUT2D eigenvalue weighted by molar-refractivity contribution is 6.15. The van der Waals surface area contributed by atoms with E-state index in [2.05, 4.69) is 48.9 Å². The zero-order chi connectivity index (χ0) is 25.3. The first-order chi connectivity index (χ1) is 16.5. The Bertz CT molecular complexity index is 1040. The van der Waals surface area contributed by atoms with Crippen LogP contribution >= 0.6 is 0 Å². The number of likely N-dealkylation sites (N-methyl/N-ethyl adjacent to an activating group) is 1. The first-order valence-electron chi connectivity index (χ1n) is 13.0. The van der Waals surface area contributed by atoms with Crippen molar-refractivity contribution < 1.29 is 9.53 Å². The van der Waals surface area contributed by atoms with Crippen LogP contribution < -0.4 is 0 Å². The monoisotopic (exact) mass is 479 g/mol. The summed E-state index contributed by atoms with van der Waals surface area (Å²) in [4.78, 5) is 24.2. The lowest BCUT2D eigenvalue weighted by Crippen LogP contribution is -2.44. The summed E-state index contributed by atoms with van der Waals surface area (Å²) in [5, 5.41) is 8.71. The van der Waals surface area contributed by atoms with Gasteiger partial charge in [0.15, 0.2) is 0 Å². The smallest absolute Gasteiger partial charge is 0.410 e. The van der Waals surface area contributed by atoms with E-state index in [-0.39, 0.29) is 12.0 Å². The molecular weight excluding hydrogens is 438 g/mol. The van der Waals surface area contributed by atoms with Crippen LogP contribution in [0, 0.1) is 18.3 Å². The predicted octanol–water partition coefficient (Wildman–Crippen LogP) is 4.62. The number of carbonyl (C=O) groups excluding carboxylic acids is 1. The van der Waals surface area contributed by atoms with Gasteiger partial charge in [-0.25, -0.2) is 9.79 Å². The maximum Gasteiger partial charge on any atom is 0.410 e. The Morgan fingerprint density at radius 2 is 1.86 bits per heavy atom. The van der Waals surface area contributed by atoms with E-state index in [4.69, 9.17) is 15.1 Å². The average Bonchev–Trinajstić information content (AvgIpc) is 2.96. The number of nitrogens with zero attached hydrogens (tertiary/aromatic N) is 4. The van der Waals surface area contributed by atoms with E-state index in [1.807, 2.05) is 20.8 Å². The van der Waals surface area contributed by atoms with Crippen LogP contribution in [-0.2, 0) is 17.7 Å². The van der Waals surface area contributed by atoms with Crippen molar-refractivity contribution in [3.63, 3.8) is 0 Å². The highest BCUT2D eigenvalue weighted by Gasteiger charge is 2.28. The van der Waals surface area contributed by atoms with Gasteiger partial charge in [0.25, 0.3) is 0 Å². The summed E-state index contributed by atoms with van der Waals surface area (Å²) >= 11 is 0. The molecule has 0 aliphatic carbocycles. The van der Waals surface area contributed by atoms with Crippen molar-refractivity contribution >= 4 is 17.6 Å². The number of amidine groups is 1. The number of carbonyl (C=O) groups is 1. The van der Waals surface area contributed by atoms with Gasteiger partial charge in [-0.2, -0.15) is 0 Å². The van der Waals surface area contributed by atoms with E-state index in [0.717, 1.165) is 62.3 Å². The second-order valence-electron chi connectivity index (χ2n) is 11.2. The minimum absolute atomic E-state index is 0.138. The third-order valence-electron chi connectivity index (χ3n) is 7.28. The summed E-state index contributed by atoms with van der Waals surface area (Å²) in [6.45, 7) is 15.3. The molecule has 1 aromatic rings. The highest BCUT2D eigenvalue weighted by atomic mass is 16.6. The molecule has 1 amide bonds. The summed E-state index contributed by atoms with van der Waals surface area (Å²) in [5.41, 5.74) is 6.31. The minimum Gasteiger partial charge on any atom is -0.444 e. The van der Waals surface area contributed by atoms with E-state index in [9.17, 15) is 4.79 Å². The Labute approximate surface area is 210 Å². The highest BCUT2D eigenvalue weighted by Crippen LogP contribution is 2.29. The number of rotatable bonds is 3. The van der Waals surface area contributed by atoms with Crippen LogP contribution in [0.25, 0.3) is 0 Å². The lowest BCUT2D eigenvalue weighted by atomic mass is 9.92. The van der Waals surface area contributed by atoms with Gasteiger partial charge in [-0.05, 0) is 82.8 Å². The van der Waals surface area contributed by atoms with Gasteiger partial charge in [0, 0.05) is 56.4 Å². The van der Waals surface area contributed by atoms with Crippen LogP contribution in [0.2, 0.25) is 0 Å². The van der Waals surface area contributed by atoms with Gasteiger partial charge in [0.2, 0.25) is 0 Å². The van der Waals surface area contributed by atoms with Crippen molar-refractivity contribution in [3.8, 4) is 0 Å². The van der Waals surface area contributed by atoms with Crippen LogP contribution in [0.15, 0.2) is 28.9 Å². The minimum atomic E-state index is -0.508. The van der Waals surface area contributed by atoms with E-state index >= 15 is 0 Å². The molecule has 1 saturated heterocycles. The van der Waals surface area contributed by atoms with Crippen LogP contribution in [-0.4, -0.2) is 77.7 Å². The molecule has 1 aromatic carbocycles. The zero-order valence-electron chi connectivity index (χ0n) is 22.3. The third-order valence-corrected chi connectivity index (χ3v) is 7.28. The molecule has 1 atom stereocenters. The Kier molecular flexibility index (Phi) is 7.36. The summed E-state index contributed by atoms with van der Waals surface area (Å²) < 4.78 is 5.62. The number of nitrogens with one attached hydrogen (secondary N) is 1. The number of benzene rings is 1. The molecule has 0 aromatic heterocycles. The van der Waals surface area contributed by atoms with E-state index in [0.29, 0.717) is 18.9 Å². The second kappa shape index (κ2) is 10.1. The molecule has 4 rings (SSSR count). The molecule has 3 aliphatic heterocycles. The Morgan fingerprint density at radius 1 is 1.14 bits per heavy atom. The van der Waals surface area contributed by atoms with Gasteiger partial charge in [-0.1, -0.05) is 13.0 Å². The molecule has 7 nitrogen and oxygen atoms in total. The predicted molar refractivity (Wildman–Crippen MR) is 141 cm³/mol. The molecule has 3 aliphatic rings. The van der Waals surface area contributed by atoms with Crippen LogP contribution in [0.3, 0.4) is 0 Å². The summed E-state index contributed by atoms with van der Waals surface area (Å²) in [6.07, 6.45) is 4.55. The number of amides is 1. The molecule has 0 spiro atoms. The van der Waals surface area contributed by atoms with Crippen LogP contribution in [0.4, 0.5) is 4.79 Å². The molecular formula is C28H41N5O2. The maximum atomic E-state index is 12.7. The number of ether oxygens (including phenoxy) is 1. The Morgan fingerprint density at radius 3 is 2.51 bits per heavy atom. The number of piperazine rings is 1. The van der Waals surface area contributed by atoms with Crippen molar-refractivity contribution in [2.24, 2.45) is 10.9 Å². The fourth-order valence-electron chi connectivity index (χ4n) is 5.10. The molecule has 0 bridgehead atoms. The Hall–Kier alpha value is -2.67. The molecule has 190 valence electrons. The van der Waals surface area contributed by atoms with Crippen molar-refractivity contribution in [2.45, 2.75) is 66.0 Å². The van der Waals surface area contributed by atoms with Crippen molar-refractivity contribution in [1.29, 1.82) is 5.41 Å². The van der Waals surface area contributed by atoms with Gasteiger partial charge in [-0.15, -0.1) is 0 Å². The van der Waals surface area contributed by atoms with Crippen molar-refractivity contribution in [1.82, 2.24) is 14.7 Å². The quantitative estimate of drug-likeness (QED) is 0.687. The topological polar surface area (TPSA) is 72.2 Å². The Balaban J connectivity index is 1.66. The first-order valence-corrected chi connectivity index (χ1v) is 13.0. The lowest BCUT2D eigenvalue weighted by molar-refractivity contribution is 0.0224. The molecule has 1 N–H and O–H groups in total. The summed E-state index contributed by atoms with van der Waals surface area (Å²) in [5.74, 6) is 0.606. The maximum absolute atomic E-state index is 12.7. The van der Waals surface area contributed by atoms with E-state index in [1.165, 1.54) is 16.8 Å². The molecule has 7 heteroatoms. The average molecular weight is 480 g/mol. The van der Waals surface area contributed by atoms with E-state index < -0.39 is 5.60 Å². The zero-order valence-corrected chi connectivity index (χ0v) is 22.3. The number of aliphatic imine (C=N–C) groups is 1.